The molecule has 3 rings (SSSR count). The first kappa shape index (κ1) is 25.2. The minimum absolute atomic E-state index is 0.177. The Labute approximate surface area is 189 Å². The topological polar surface area (TPSA) is 0 Å². The van der Waals surface area contributed by atoms with Crippen molar-refractivity contribution in [2.45, 2.75) is 95.6 Å². The second-order valence-electron chi connectivity index (χ2n) is 9.96. The largest absolute Gasteiger partial charge is 0.419 e. The molecule has 2 fully saturated rings. The van der Waals surface area contributed by atoms with Crippen LogP contribution in [0.5, 0.6) is 0 Å². The van der Waals surface area contributed by atoms with E-state index in [1.54, 1.807) is 0 Å². The van der Waals surface area contributed by atoms with E-state index in [0.29, 0.717) is 17.9 Å². The predicted octanol–water partition coefficient (Wildman–Crippen LogP) is 9.40. The lowest BCUT2D eigenvalue weighted by Gasteiger charge is -2.32. The van der Waals surface area contributed by atoms with Gasteiger partial charge in [0, 0.05) is 0 Å². The minimum atomic E-state index is -4.63. The normalized spacial score (nSPS) is 27.2. The van der Waals surface area contributed by atoms with E-state index in [4.69, 9.17) is 0 Å². The van der Waals surface area contributed by atoms with Crippen molar-refractivity contribution in [1.82, 2.24) is 0 Å². The van der Waals surface area contributed by atoms with Crippen molar-refractivity contribution in [3.05, 3.63) is 47.3 Å². The molecule has 0 nitrogen and oxygen atoms in total. The minimum Gasteiger partial charge on any atom is -0.251 e. The van der Waals surface area contributed by atoms with E-state index in [2.05, 4.69) is 12.2 Å². The molecule has 0 aliphatic heterocycles. The van der Waals surface area contributed by atoms with Gasteiger partial charge < -0.3 is 0 Å². The number of alkyl halides is 4. The van der Waals surface area contributed by atoms with Crippen molar-refractivity contribution >= 4 is 0 Å². The maximum absolute atomic E-state index is 13.9. The molecule has 0 N–H and O–H groups in total. The molecule has 32 heavy (non-hydrogen) atoms. The van der Waals surface area contributed by atoms with Gasteiger partial charge in [0.2, 0.25) is 0 Å². The van der Waals surface area contributed by atoms with Crippen molar-refractivity contribution in [2.75, 3.05) is 6.67 Å². The highest BCUT2D eigenvalue weighted by Crippen LogP contribution is 2.41. The summed E-state index contributed by atoms with van der Waals surface area (Å²) in [5.41, 5.74) is -0.455. The van der Waals surface area contributed by atoms with E-state index < -0.39 is 17.6 Å². The Morgan fingerprint density at radius 1 is 0.812 bits per heavy atom. The van der Waals surface area contributed by atoms with Gasteiger partial charge in [-0.25, -0.2) is 4.39 Å². The van der Waals surface area contributed by atoms with Crippen LogP contribution in [0.15, 0.2) is 30.4 Å². The average Bonchev–Trinajstić information content (AvgIpc) is 2.78. The highest BCUT2D eigenvalue weighted by atomic mass is 19.4. The van der Waals surface area contributed by atoms with Gasteiger partial charge in [0.15, 0.2) is 0 Å². The third-order valence-electron chi connectivity index (χ3n) is 7.71. The monoisotopic (exact) mass is 456 g/mol. The van der Waals surface area contributed by atoms with Crippen LogP contribution in [0.4, 0.5) is 22.0 Å². The standard InChI is InChI=1S/C27H37F5/c28-18-4-2-1-3-5-20-6-8-21(9-7-20)10-11-22-12-14-23(15-13-22)24-16-17-25(26(29)19-24)27(30,31)32/h1,3,16-17,19-23H,2,4-15,18H2/b3-1+/t20-,21-,22?,23?. The average molecular weight is 457 g/mol. The lowest BCUT2D eigenvalue weighted by molar-refractivity contribution is -0.140. The summed E-state index contributed by atoms with van der Waals surface area (Å²) in [6.45, 7) is -0.231. The van der Waals surface area contributed by atoms with Crippen LogP contribution in [0.3, 0.4) is 0 Å². The summed E-state index contributed by atoms with van der Waals surface area (Å²) in [5.74, 6) is 1.33. The van der Waals surface area contributed by atoms with Gasteiger partial charge in [-0.05, 0) is 99.2 Å². The predicted molar refractivity (Wildman–Crippen MR) is 120 cm³/mol. The van der Waals surface area contributed by atoms with Crippen LogP contribution in [-0.4, -0.2) is 6.67 Å². The zero-order chi connectivity index (χ0) is 23.0. The highest BCUT2D eigenvalue weighted by Gasteiger charge is 2.34. The fraction of sp³-hybridized carbons (Fsp3) is 0.704. The molecule has 0 saturated heterocycles. The highest BCUT2D eigenvalue weighted by molar-refractivity contribution is 5.29. The molecule has 1 aromatic rings. The molecule has 0 heterocycles. The SMILES string of the molecule is FCCC/C=C/C[C@H]1CC[C@H](CCC2CCC(c3ccc(C(F)(F)F)c(F)c3)CC2)CC1. The first-order valence-corrected chi connectivity index (χ1v) is 12.4. The second kappa shape index (κ2) is 12.2. The van der Waals surface area contributed by atoms with E-state index in [0.717, 1.165) is 62.5 Å². The Kier molecular flexibility index (Phi) is 9.61. The quantitative estimate of drug-likeness (QED) is 0.197. The second-order valence-corrected chi connectivity index (χ2v) is 9.96. The molecule has 2 aliphatic carbocycles. The molecule has 0 radical (unpaired) electrons. The summed E-state index contributed by atoms with van der Waals surface area (Å²) in [5, 5.41) is 0. The molecule has 180 valence electrons. The van der Waals surface area contributed by atoms with Gasteiger partial charge in [0.1, 0.15) is 5.82 Å². The summed E-state index contributed by atoms with van der Waals surface area (Å²) in [6, 6.07) is 3.46. The molecule has 0 bridgehead atoms. The first-order valence-electron chi connectivity index (χ1n) is 12.4. The summed E-state index contributed by atoms with van der Waals surface area (Å²) in [7, 11) is 0. The zero-order valence-corrected chi connectivity index (χ0v) is 19.0. The van der Waals surface area contributed by atoms with Crippen molar-refractivity contribution in [1.29, 1.82) is 0 Å². The summed E-state index contributed by atoms with van der Waals surface area (Å²) >= 11 is 0. The van der Waals surface area contributed by atoms with Crippen molar-refractivity contribution in [3.8, 4) is 0 Å². The molecule has 2 aliphatic rings. The lowest BCUT2D eigenvalue weighted by Crippen LogP contribution is -2.18. The number of benzene rings is 1. The summed E-state index contributed by atoms with van der Waals surface area (Å²) in [4.78, 5) is 0. The number of unbranched alkanes of at least 4 members (excludes halogenated alkanes) is 1. The van der Waals surface area contributed by atoms with Gasteiger partial charge in [-0.1, -0.05) is 43.9 Å². The van der Waals surface area contributed by atoms with Crippen LogP contribution in [-0.2, 0) is 6.18 Å². The van der Waals surface area contributed by atoms with Crippen LogP contribution in [0.2, 0.25) is 0 Å². The molecule has 0 atom stereocenters. The molecule has 0 spiro atoms. The maximum Gasteiger partial charge on any atom is 0.419 e. The molecule has 1 aromatic carbocycles. The molecule has 2 saturated carbocycles. The molecule has 0 amide bonds. The third-order valence-corrected chi connectivity index (χ3v) is 7.71. The van der Waals surface area contributed by atoms with Crippen molar-refractivity contribution in [3.63, 3.8) is 0 Å². The van der Waals surface area contributed by atoms with E-state index in [1.807, 2.05) is 0 Å². The fourth-order valence-electron chi connectivity index (χ4n) is 5.63. The van der Waals surface area contributed by atoms with Gasteiger partial charge in [-0.3, -0.25) is 4.39 Å². The smallest absolute Gasteiger partial charge is 0.251 e. The van der Waals surface area contributed by atoms with E-state index >= 15 is 0 Å². The Morgan fingerprint density at radius 3 is 1.97 bits per heavy atom. The fourth-order valence-corrected chi connectivity index (χ4v) is 5.63. The molecule has 0 unspecified atom stereocenters. The van der Waals surface area contributed by atoms with Gasteiger partial charge in [-0.2, -0.15) is 13.2 Å². The summed E-state index contributed by atoms with van der Waals surface area (Å²) in [6.07, 6.45) is 14.1. The van der Waals surface area contributed by atoms with Crippen LogP contribution >= 0.6 is 0 Å². The Morgan fingerprint density at radius 2 is 1.41 bits per heavy atom. The third kappa shape index (κ3) is 7.59. The number of allylic oxidation sites excluding steroid dienone is 2. The molecule has 0 aromatic heterocycles. The Balaban J connectivity index is 1.34. The van der Waals surface area contributed by atoms with Gasteiger partial charge in [0.25, 0.3) is 0 Å². The summed E-state index contributed by atoms with van der Waals surface area (Å²) < 4.78 is 64.3. The van der Waals surface area contributed by atoms with E-state index in [-0.39, 0.29) is 12.6 Å². The Bertz CT molecular complexity index is 707. The zero-order valence-electron chi connectivity index (χ0n) is 19.0. The maximum atomic E-state index is 13.9. The van der Waals surface area contributed by atoms with Gasteiger partial charge in [-0.15, -0.1) is 0 Å². The Hall–Kier alpha value is -1.39. The number of rotatable bonds is 9. The van der Waals surface area contributed by atoms with Crippen LogP contribution in [0.1, 0.15) is 101 Å². The number of halogens is 5. The van der Waals surface area contributed by atoms with Crippen molar-refractivity contribution < 1.29 is 22.0 Å². The molecular weight excluding hydrogens is 419 g/mol. The number of hydrogen-bond donors (Lipinski definition) is 0. The van der Waals surface area contributed by atoms with Crippen LogP contribution < -0.4 is 0 Å². The number of hydrogen-bond acceptors (Lipinski definition) is 0. The lowest BCUT2D eigenvalue weighted by atomic mass is 9.74. The van der Waals surface area contributed by atoms with Gasteiger partial charge in [0.05, 0.1) is 12.2 Å². The van der Waals surface area contributed by atoms with E-state index in [9.17, 15) is 22.0 Å². The van der Waals surface area contributed by atoms with E-state index in [1.165, 1.54) is 44.6 Å². The van der Waals surface area contributed by atoms with Crippen LogP contribution in [0.25, 0.3) is 0 Å². The molecule has 5 heteroatoms. The van der Waals surface area contributed by atoms with Gasteiger partial charge >= 0.3 is 6.18 Å². The van der Waals surface area contributed by atoms with Crippen LogP contribution in [0, 0.1) is 23.6 Å². The van der Waals surface area contributed by atoms with Crippen molar-refractivity contribution in [2.24, 2.45) is 17.8 Å². The first-order chi connectivity index (χ1) is 15.4. The molecular formula is C27H37F5.